The lowest BCUT2D eigenvalue weighted by molar-refractivity contribution is -0.384. The van der Waals surface area contributed by atoms with E-state index in [9.17, 15) is 19.3 Å². The molecule has 0 unspecified atom stereocenters. The van der Waals surface area contributed by atoms with Gasteiger partial charge in [-0.25, -0.2) is 4.39 Å². The van der Waals surface area contributed by atoms with Crippen molar-refractivity contribution in [2.45, 2.75) is 13.2 Å². The summed E-state index contributed by atoms with van der Waals surface area (Å²) >= 11 is 6.03. The summed E-state index contributed by atoms with van der Waals surface area (Å²) in [5.41, 5.74) is 1.85. The molecule has 4 rings (SSSR count). The fourth-order valence-corrected chi connectivity index (χ4v) is 3.39. The van der Waals surface area contributed by atoms with Gasteiger partial charge in [-0.3, -0.25) is 19.6 Å². The summed E-state index contributed by atoms with van der Waals surface area (Å²) < 4.78 is 20.6. The lowest BCUT2D eigenvalue weighted by Crippen LogP contribution is -2.13. The summed E-state index contributed by atoms with van der Waals surface area (Å²) in [5.74, 6) is 0.0503. The second-order valence-electron chi connectivity index (χ2n) is 7.34. The van der Waals surface area contributed by atoms with Crippen LogP contribution in [0.5, 0.6) is 5.75 Å². The summed E-state index contributed by atoms with van der Waals surface area (Å²) in [6.45, 7) is 0.547. The Morgan fingerprint density at radius 1 is 1.09 bits per heavy atom. The third-order valence-electron chi connectivity index (χ3n) is 4.85. The predicted molar refractivity (Wildman–Crippen MR) is 125 cm³/mol. The van der Waals surface area contributed by atoms with Gasteiger partial charge in [0, 0.05) is 30.0 Å². The molecule has 34 heavy (non-hydrogen) atoms. The molecule has 172 valence electrons. The van der Waals surface area contributed by atoms with Crippen LogP contribution in [0.2, 0.25) is 5.02 Å². The number of rotatable bonds is 8. The Balaban J connectivity index is 1.33. The summed E-state index contributed by atoms with van der Waals surface area (Å²) in [4.78, 5) is 22.8. The third kappa shape index (κ3) is 5.76. The number of anilines is 1. The Hall–Kier alpha value is -4.24. The van der Waals surface area contributed by atoms with Crippen LogP contribution in [0.1, 0.15) is 21.5 Å². The van der Waals surface area contributed by atoms with Gasteiger partial charge in [-0.05, 0) is 41.5 Å². The number of amides is 1. The standard InChI is InChI=1S/C24H18ClFN4O4/c25-21-13-20(30(32)33)8-9-22(21)34-15-16-4-6-18(7-5-16)24(31)27-23-10-11-29(28-23)14-17-2-1-3-19(26)12-17/h1-13H,14-15H2,(H,27,28,31). The van der Waals surface area contributed by atoms with Gasteiger partial charge in [-0.2, -0.15) is 5.10 Å². The highest BCUT2D eigenvalue weighted by atomic mass is 35.5. The van der Waals surface area contributed by atoms with E-state index >= 15 is 0 Å². The molecule has 0 radical (unpaired) electrons. The molecule has 0 spiro atoms. The van der Waals surface area contributed by atoms with Crippen LogP contribution in [0.4, 0.5) is 15.9 Å². The van der Waals surface area contributed by atoms with Crippen molar-refractivity contribution in [3.05, 3.63) is 117 Å². The van der Waals surface area contributed by atoms with Crippen molar-refractivity contribution in [1.82, 2.24) is 9.78 Å². The zero-order valence-electron chi connectivity index (χ0n) is 17.7. The number of hydrogen-bond donors (Lipinski definition) is 1. The van der Waals surface area contributed by atoms with E-state index in [4.69, 9.17) is 16.3 Å². The predicted octanol–water partition coefficient (Wildman–Crippen LogP) is 5.46. The first kappa shape index (κ1) is 22.9. The molecular weight excluding hydrogens is 463 g/mol. The van der Waals surface area contributed by atoms with E-state index in [1.54, 1.807) is 53.3 Å². The molecule has 0 bridgehead atoms. The van der Waals surface area contributed by atoms with Gasteiger partial charge in [-0.1, -0.05) is 35.9 Å². The Morgan fingerprint density at radius 2 is 1.88 bits per heavy atom. The van der Waals surface area contributed by atoms with Crippen molar-refractivity contribution < 1.29 is 18.8 Å². The van der Waals surface area contributed by atoms with E-state index < -0.39 is 4.92 Å². The Labute approximate surface area is 198 Å². The molecule has 1 amide bonds. The average molecular weight is 481 g/mol. The number of nitro benzene ring substituents is 1. The molecule has 0 aliphatic rings. The Kier molecular flexibility index (Phi) is 6.84. The van der Waals surface area contributed by atoms with Gasteiger partial charge in [0.1, 0.15) is 18.2 Å². The monoisotopic (exact) mass is 480 g/mol. The lowest BCUT2D eigenvalue weighted by atomic mass is 10.1. The fraction of sp³-hybridized carbons (Fsp3) is 0.0833. The van der Waals surface area contributed by atoms with E-state index in [0.29, 0.717) is 23.7 Å². The molecule has 0 aliphatic heterocycles. The summed E-state index contributed by atoms with van der Waals surface area (Å²) in [7, 11) is 0. The van der Waals surface area contributed by atoms with E-state index in [-0.39, 0.29) is 29.0 Å². The minimum Gasteiger partial charge on any atom is -0.487 e. The number of nitrogens with zero attached hydrogens (tertiary/aromatic N) is 3. The van der Waals surface area contributed by atoms with E-state index in [0.717, 1.165) is 11.1 Å². The SMILES string of the molecule is O=C(Nc1ccn(Cc2cccc(F)c2)n1)c1ccc(COc2ccc([N+](=O)[O-])cc2Cl)cc1. The lowest BCUT2D eigenvalue weighted by Gasteiger charge is -2.09. The van der Waals surface area contributed by atoms with Crippen molar-refractivity contribution in [3.63, 3.8) is 0 Å². The molecule has 0 saturated carbocycles. The van der Waals surface area contributed by atoms with E-state index in [1.165, 1.54) is 30.3 Å². The molecule has 1 N–H and O–H groups in total. The van der Waals surface area contributed by atoms with Crippen LogP contribution in [-0.2, 0) is 13.2 Å². The maximum Gasteiger partial charge on any atom is 0.271 e. The summed E-state index contributed by atoms with van der Waals surface area (Å²) in [5, 5.41) is 17.9. The number of halogens is 2. The molecule has 3 aromatic carbocycles. The maximum absolute atomic E-state index is 13.3. The first-order chi connectivity index (χ1) is 16.4. The van der Waals surface area contributed by atoms with Crippen LogP contribution >= 0.6 is 11.6 Å². The smallest absolute Gasteiger partial charge is 0.271 e. The van der Waals surface area contributed by atoms with Crippen LogP contribution in [-0.4, -0.2) is 20.6 Å². The minimum atomic E-state index is -0.533. The summed E-state index contributed by atoms with van der Waals surface area (Å²) in [6, 6.07) is 18.6. The van der Waals surface area contributed by atoms with Crippen LogP contribution in [0.25, 0.3) is 0 Å². The van der Waals surface area contributed by atoms with Gasteiger partial charge in [0.05, 0.1) is 16.5 Å². The molecule has 10 heteroatoms. The van der Waals surface area contributed by atoms with Crippen molar-refractivity contribution in [2.75, 3.05) is 5.32 Å². The van der Waals surface area contributed by atoms with Gasteiger partial charge in [0.25, 0.3) is 11.6 Å². The molecule has 0 saturated heterocycles. The largest absolute Gasteiger partial charge is 0.487 e. The maximum atomic E-state index is 13.3. The topological polar surface area (TPSA) is 99.3 Å². The number of hydrogen-bond acceptors (Lipinski definition) is 5. The van der Waals surface area contributed by atoms with Crippen molar-refractivity contribution in [3.8, 4) is 5.75 Å². The highest BCUT2D eigenvalue weighted by molar-refractivity contribution is 6.32. The molecule has 1 aromatic heterocycles. The van der Waals surface area contributed by atoms with Crippen LogP contribution in [0.15, 0.2) is 79.0 Å². The van der Waals surface area contributed by atoms with Crippen molar-refractivity contribution >= 4 is 29.0 Å². The number of nitrogens with one attached hydrogen (secondary N) is 1. The zero-order chi connectivity index (χ0) is 24.1. The third-order valence-corrected chi connectivity index (χ3v) is 5.15. The summed E-state index contributed by atoms with van der Waals surface area (Å²) in [6.07, 6.45) is 1.70. The minimum absolute atomic E-state index is 0.119. The normalized spacial score (nSPS) is 10.6. The number of non-ortho nitro benzene ring substituents is 1. The first-order valence-corrected chi connectivity index (χ1v) is 10.5. The number of benzene rings is 3. The van der Waals surface area contributed by atoms with Gasteiger partial charge in [0.2, 0.25) is 0 Å². The molecular formula is C24H18ClFN4O4. The van der Waals surface area contributed by atoms with Crippen molar-refractivity contribution in [2.24, 2.45) is 0 Å². The number of nitro groups is 1. The van der Waals surface area contributed by atoms with Crippen molar-refractivity contribution in [1.29, 1.82) is 0 Å². The van der Waals surface area contributed by atoms with E-state index in [2.05, 4.69) is 10.4 Å². The molecule has 4 aromatic rings. The molecule has 0 fully saturated rings. The van der Waals surface area contributed by atoms with Gasteiger partial charge in [0.15, 0.2) is 5.82 Å². The first-order valence-electron chi connectivity index (χ1n) is 10.1. The molecule has 8 nitrogen and oxygen atoms in total. The van der Waals surface area contributed by atoms with Crippen LogP contribution in [0.3, 0.4) is 0 Å². The quantitative estimate of drug-likeness (QED) is 0.266. The number of aromatic nitrogens is 2. The van der Waals surface area contributed by atoms with Gasteiger partial charge >= 0.3 is 0 Å². The highest BCUT2D eigenvalue weighted by Gasteiger charge is 2.12. The molecule has 0 atom stereocenters. The van der Waals surface area contributed by atoms with Gasteiger partial charge in [-0.15, -0.1) is 0 Å². The molecule has 0 aliphatic carbocycles. The van der Waals surface area contributed by atoms with E-state index in [1.807, 2.05) is 0 Å². The number of carbonyl (C=O) groups excluding carboxylic acids is 1. The number of ether oxygens (including phenoxy) is 1. The second kappa shape index (κ2) is 10.1. The zero-order valence-corrected chi connectivity index (χ0v) is 18.4. The Bertz CT molecular complexity index is 1340. The fourth-order valence-electron chi connectivity index (χ4n) is 3.16. The number of carbonyl (C=O) groups is 1. The average Bonchev–Trinajstić information content (AvgIpc) is 3.25. The van der Waals surface area contributed by atoms with Gasteiger partial charge < -0.3 is 10.1 Å². The Morgan fingerprint density at radius 3 is 2.59 bits per heavy atom. The van der Waals surface area contributed by atoms with Crippen LogP contribution < -0.4 is 10.1 Å². The second-order valence-corrected chi connectivity index (χ2v) is 7.75. The molecule has 1 heterocycles. The highest BCUT2D eigenvalue weighted by Crippen LogP contribution is 2.29. The van der Waals surface area contributed by atoms with Crippen LogP contribution in [0, 0.1) is 15.9 Å².